The van der Waals surface area contributed by atoms with Crippen LogP contribution in [0.15, 0.2) is 30.3 Å². The predicted molar refractivity (Wildman–Crippen MR) is 112 cm³/mol. The molecule has 3 rings (SSSR count). The van der Waals surface area contributed by atoms with Gasteiger partial charge in [-0.1, -0.05) is 26.8 Å². The second-order valence-corrected chi connectivity index (χ2v) is 7.88. The van der Waals surface area contributed by atoms with Gasteiger partial charge in [-0.3, -0.25) is 9.59 Å². The maximum absolute atomic E-state index is 12.9. The number of Topliss-reactive ketones (excluding diaryl/α,β-unsaturated/α-hetero) is 1. The van der Waals surface area contributed by atoms with E-state index in [1.807, 2.05) is 6.07 Å². The molecule has 5 heteroatoms. The molecule has 148 valence electrons. The van der Waals surface area contributed by atoms with Crippen molar-refractivity contribution in [2.45, 2.75) is 46.1 Å². The molecule has 1 heterocycles. The molecule has 1 amide bonds. The second-order valence-electron chi connectivity index (χ2n) is 7.88. The SMILES string of the molecule is CCc1c(NC(=O)c2ccc(OC)c(C(C)=O)c2)ccc2c1CNCC2(C)C. The number of ether oxygens (including phenoxy) is 1. The molecule has 1 aliphatic heterocycles. The molecular weight excluding hydrogens is 352 g/mol. The smallest absolute Gasteiger partial charge is 0.255 e. The Kier molecular flexibility index (Phi) is 5.57. The third kappa shape index (κ3) is 3.67. The van der Waals surface area contributed by atoms with Crippen LogP contribution in [0.3, 0.4) is 0 Å². The summed E-state index contributed by atoms with van der Waals surface area (Å²) >= 11 is 0. The average molecular weight is 380 g/mol. The number of amides is 1. The zero-order chi connectivity index (χ0) is 20.5. The van der Waals surface area contributed by atoms with Gasteiger partial charge in [0, 0.05) is 29.8 Å². The first kappa shape index (κ1) is 20.1. The maximum Gasteiger partial charge on any atom is 0.255 e. The molecule has 2 aromatic carbocycles. The Labute approximate surface area is 166 Å². The Morgan fingerprint density at radius 2 is 1.96 bits per heavy atom. The number of ketones is 1. The highest BCUT2D eigenvalue weighted by atomic mass is 16.5. The van der Waals surface area contributed by atoms with Crippen molar-refractivity contribution in [2.24, 2.45) is 0 Å². The maximum atomic E-state index is 12.9. The summed E-state index contributed by atoms with van der Waals surface area (Å²) < 4.78 is 5.22. The largest absolute Gasteiger partial charge is 0.496 e. The van der Waals surface area contributed by atoms with E-state index in [0.717, 1.165) is 30.8 Å². The van der Waals surface area contributed by atoms with Gasteiger partial charge in [0.2, 0.25) is 0 Å². The van der Waals surface area contributed by atoms with E-state index in [4.69, 9.17) is 4.74 Å². The quantitative estimate of drug-likeness (QED) is 0.767. The lowest BCUT2D eigenvalue weighted by atomic mass is 9.77. The fourth-order valence-corrected chi connectivity index (χ4v) is 3.96. The molecule has 0 bridgehead atoms. The van der Waals surface area contributed by atoms with E-state index in [1.165, 1.54) is 25.2 Å². The van der Waals surface area contributed by atoms with E-state index >= 15 is 0 Å². The molecule has 0 aliphatic carbocycles. The van der Waals surface area contributed by atoms with Crippen LogP contribution in [-0.2, 0) is 18.4 Å². The first-order valence-corrected chi connectivity index (χ1v) is 9.64. The highest BCUT2D eigenvalue weighted by molar-refractivity contribution is 6.07. The van der Waals surface area contributed by atoms with Gasteiger partial charge in [0.1, 0.15) is 5.75 Å². The second kappa shape index (κ2) is 7.76. The molecule has 0 aromatic heterocycles. The monoisotopic (exact) mass is 380 g/mol. The van der Waals surface area contributed by atoms with Gasteiger partial charge in [-0.2, -0.15) is 0 Å². The fourth-order valence-electron chi connectivity index (χ4n) is 3.96. The van der Waals surface area contributed by atoms with Crippen LogP contribution in [0.4, 0.5) is 5.69 Å². The van der Waals surface area contributed by atoms with Gasteiger partial charge < -0.3 is 15.4 Å². The third-order valence-electron chi connectivity index (χ3n) is 5.47. The number of carbonyl (C=O) groups is 2. The fraction of sp³-hybridized carbons (Fsp3) is 0.391. The minimum atomic E-state index is -0.233. The molecule has 0 saturated heterocycles. The number of carbonyl (C=O) groups excluding carboxylic acids is 2. The zero-order valence-corrected chi connectivity index (χ0v) is 17.2. The van der Waals surface area contributed by atoms with Crippen LogP contribution < -0.4 is 15.4 Å². The summed E-state index contributed by atoms with van der Waals surface area (Å²) in [5.74, 6) is 0.103. The number of benzene rings is 2. The van der Waals surface area contributed by atoms with Crippen molar-refractivity contribution in [1.29, 1.82) is 0 Å². The Morgan fingerprint density at radius 1 is 1.21 bits per heavy atom. The van der Waals surface area contributed by atoms with E-state index in [0.29, 0.717) is 16.9 Å². The van der Waals surface area contributed by atoms with E-state index < -0.39 is 0 Å². The summed E-state index contributed by atoms with van der Waals surface area (Å²) in [5, 5.41) is 6.53. The van der Waals surface area contributed by atoms with E-state index in [1.54, 1.807) is 18.2 Å². The van der Waals surface area contributed by atoms with E-state index in [2.05, 4.69) is 37.5 Å². The lowest BCUT2D eigenvalue weighted by molar-refractivity contribution is 0.101. The Morgan fingerprint density at radius 3 is 2.61 bits per heavy atom. The zero-order valence-electron chi connectivity index (χ0n) is 17.2. The number of methoxy groups -OCH3 is 1. The lowest BCUT2D eigenvalue weighted by Crippen LogP contribution is -2.39. The topological polar surface area (TPSA) is 67.4 Å². The van der Waals surface area contributed by atoms with Crippen LogP contribution in [0.2, 0.25) is 0 Å². The first-order valence-electron chi connectivity index (χ1n) is 9.64. The van der Waals surface area contributed by atoms with Crippen LogP contribution in [0.25, 0.3) is 0 Å². The number of hydrogen-bond donors (Lipinski definition) is 2. The van der Waals surface area contributed by atoms with Gasteiger partial charge in [0.25, 0.3) is 5.91 Å². The van der Waals surface area contributed by atoms with Gasteiger partial charge in [-0.15, -0.1) is 0 Å². The van der Waals surface area contributed by atoms with Crippen molar-refractivity contribution in [1.82, 2.24) is 5.32 Å². The minimum Gasteiger partial charge on any atom is -0.496 e. The molecule has 0 fully saturated rings. The van der Waals surface area contributed by atoms with Gasteiger partial charge in [0.15, 0.2) is 5.78 Å². The normalized spacial score (nSPS) is 14.9. The molecule has 2 aromatic rings. The molecule has 0 saturated carbocycles. The molecule has 2 N–H and O–H groups in total. The predicted octanol–water partition coefficient (Wildman–Crippen LogP) is 4.09. The highest BCUT2D eigenvalue weighted by Crippen LogP contribution is 2.35. The van der Waals surface area contributed by atoms with Crippen LogP contribution in [0, 0.1) is 0 Å². The summed E-state index contributed by atoms with van der Waals surface area (Å²) in [6, 6.07) is 9.05. The Hall–Kier alpha value is -2.66. The third-order valence-corrected chi connectivity index (χ3v) is 5.47. The Bertz CT molecular complexity index is 932. The molecule has 0 atom stereocenters. The molecule has 0 spiro atoms. The molecule has 0 radical (unpaired) electrons. The molecule has 1 aliphatic rings. The summed E-state index contributed by atoms with van der Waals surface area (Å²) in [6.45, 7) is 9.78. The molecular formula is C23H28N2O3. The van der Waals surface area contributed by atoms with Crippen molar-refractivity contribution in [3.05, 3.63) is 58.1 Å². The summed E-state index contributed by atoms with van der Waals surface area (Å²) in [7, 11) is 1.51. The van der Waals surface area contributed by atoms with E-state index in [-0.39, 0.29) is 17.1 Å². The van der Waals surface area contributed by atoms with Crippen molar-refractivity contribution in [2.75, 3.05) is 19.0 Å². The van der Waals surface area contributed by atoms with Crippen molar-refractivity contribution in [3.63, 3.8) is 0 Å². The summed E-state index contributed by atoms with van der Waals surface area (Å²) in [4.78, 5) is 24.7. The van der Waals surface area contributed by atoms with Crippen LogP contribution >= 0.6 is 0 Å². The minimum absolute atomic E-state index is 0.0619. The molecule has 28 heavy (non-hydrogen) atoms. The standard InChI is InChI=1S/C23H28N2O3/c1-6-16-18-12-24-13-23(3,4)19(18)8-9-20(16)25-22(27)15-7-10-21(28-5)17(11-15)14(2)26/h7-11,24H,6,12-13H2,1-5H3,(H,25,27). The van der Waals surface area contributed by atoms with Crippen molar-refractivity contribution in [3.8, 4) is 5.75 Å². The van der Waals surface area contributed by atoms with Gasteiger partial charge in [-0.05, 0) is 54.3 Å². The van der Waals surface area contributed by atoms with Crippen LogP contribution in [0.1, 0.15) is 65.1 Å². The molecule has 5 nitrogen and oxygen atoms in total. The number of hydrogen-bond acceptors (Lipinski definition) is 4. The van der Waals surface area contributed by atoms with Crippen molar-refractivity contribution >= 4 is 17.4 Å². The average Bonchev–Trinajstić information content (AvgIpc) is 2.66. The number of nitrogens with one attached hydrogen (secondary N) is 2. The molecule has 0 unspecified atom stereocenters. The number of fused-ring (bicyclic) bond motifs is 1. The van der Waals surface area contributed by atoms with Crippen LogP contribution in [-0.4, -0.2) is 25.3 Å². The lowest BCUT2D eigenvalue weighted by Gasteiger charge is -2.35. The van der Waals surface area contributed by atoms with E-state index in [9.17, 15) is 9.59 Å². The number of rotatable bonds is 5. The summed E-state index contributed by atoms with van der Waals surface area (Å²) in [5.41, 5.74) is 5.50. The van der Waals surface area contributed by atoms with Gasteiger partial charge in [-0.25, -0.2) is 0 Å². The van der Waals surface area contributed by atoms with Gasteiger partial charge in [0.05, 0.1) is 12.7 Å². The van der Waals surface area contributed by atoms with Crippen molar-refractivity contribution < 1.29 is 14.3 Å². The van der Waals surface area contributed by atoms with Crippen LogP contribution in [0.5, 0.6) is 5.75 Å². The Balaban J connectivity index is 1.95. The summed E-state index contributed by atoms with van der Waals surface area (Å²) in [6.07, 6.45) is 0.831. The highest BCUT2D eigenvalue weighted by Gasteiger charge is 2.29. The number of anilines is 1. The first-order chi connectivity index (χ1) is 13.3. The van der Waals surface area contributed by atoms with Gasteiger partial charge >= 0.3 is 0 Å².